The average Bonchev–Trinajstić information content (AvgIpc) is 2.72. The zero-order chi connectivity index (χ0) is 20.8. The number of rotatable bonds is 7. The molecule has 1 unspecified atom stereocenters. The van der Waals surface area contributed by atoms with Crippen molar-refractivity contribution in [1.82, 2.24) is 9.97 Å². The van der Waals surface area contributed by atoms with Crippen molar-refractivity contribution in [3.8, 4) is 28.3 Å². The molecule has 0 fully saturated rings. The number of nitrogens with zero attached hydrogens (tertiary/aromatic N) is 2. The van der Waals surface area contributed by atoms with Crippen molar-refractivity contribution in [2.45, 2.75) is 32.3 Å². The highest BCUT2D eigenvalue weighted by atomic mass is 19.2. The molecule has 0 aliphatic carbocycles. The first-order valence-corrected chi connectivity index (χ1v) is 9.40. The van der Waals surface area contributed by atoms with Crippen LogP contribution in [0.5, 0.6) is 5.75 Å². The highest BCUT2D eigenvalue weighted by Crippen LogP contribution is 2.30. The van der Waals surface area contributed by atoms with E-state index in [1.54, 1.807) is 43.6 Å². The molecule has 1 heterocycles. The minimum atomic E-state index is -1.26. The summed E-state index contributed by atoms with van der Waals surface area (Å²) in [4.78, 5) is 8.70. The Morgan fingerprint density at radius 3 is 2.28 bits per heavy atom. The van der Waals surface area contributed by atoms with Gasteiger partial charge >= 0.3 is 0 Å². The molecule has 0 bridgehead atoms. The van der Waals surface area contributed by atoms with Gasteiger partial charge in [-0.2, -0.15) is 4.39 Å². The van der Waals surface area contributed by atoms with Crippen molar-refractivity contribution < 1.29 is 19.0 Å². The highest BCUT2D eigenvalue weighted by molar-refractivity contribution is 5.69. The first-order valence-electron chi connectivity index (χ1n) is 9.40. The predicted molar refractivity (Wildman–Crippen MR) is 109 cm³/mol. The number of phenolic OH excluding ortho intramolecular Hbond substituents is 1. The van der Waals surface area contributed by atoms with Crippen LogP contribution in [0.3, 0.4) is 0 Å². The molecular weight excluding hydrogens is 374 g/mol. The number of allylic oxidation sites excluding steroid dienone is 1. The average molecular weight is 396 g/mol. The minimum Gasteiger partial charge on any atom is -0.505 e. The second-order valence-corrected chi connectivity index (χ2v) is 6.86. The normalized spacial score (nSPS) is 12.4. The van der Waals surface area contributed by atoms with E-state index in [9.17, 15) is 19.0 Å². The van der Waals surface area contributed by atoms with E-state index in [1.165, 1.54) is 6.07 Å². The topological polar surface area (TPSA) is 66.2 Å². The van der Waals surface area contributed by atoms with Crippen molar-refractivity contribution in [1.29, 1.82) is 0 Å². The number of hydrogen-bond acceptors (Lipinski definition) is 4. The molecule has 1 atom stereocenters. The number of phenols is 1. The summed E-state index contributed by atoms with van der Waals surface area (Å²) in [5, 5.41) is 18.5. The largest absolute Gasteiger partial charge is 0.505 e. The van der Waals surface area contributed by atoms with Crippen LogP contribution in [0, 0.1) is 11.6 Å². The molecule has 150 valence electrons. The first kappa shape index (κ1) is 20.6. The number of hydrogen-bond donors (Lipinski definition) is 2. The van der Waals surface area contributed by atoms with Crippen LogP contribution in [0.25, 0.3) is 28.6 Å². The van der Waals surface area contributed by atoms with Crippen LogP contribution in [0.15, 0.2) is 54.9 Å². The number of aliphatic hydroxyl groups excluding tert-OH is 1. The molecule has 4 nitrogen and oxygen atoms in total. The molecule has 0 amide bonds. The van der Waals surface area contributed by atoms with E-state index in [-0.39, 0.29) is 11.7 Å². The van der Waals surface area contributed by atoms with Gasteiger partial charge in [-0.05, 0) is 43.9 Å². The standard InChI is InChI=1S/C23H22F2N2O2/c1-15(28)5-3-2-4-6-16-13-26-23(27-14-16)18-9-7-17(8-10-18)19-11-12-20(29)22(25)21(19)24/h4,6-15,28-29H,2-3,5H2,1H3/b6-4+. The van der Waals surface area contributed by atoms with E-state index in [1.807, 2.05) is 12.2 Å². The fourth-order valence-electron chi connectivity index (χ4n) is 2.88. The molecule has 0 aliphatic heterocycles. The summed E-state index contributed by atoms with van der Waals surface area (Å²) in [6.07, 6.45) is 9.70. The van der Waals surface area contributed by atoms with Crippen molar-refractivity contribution >= 4 is 6.08 Å². The molecule has 0 saturated carbocycles. The number of aliphatic hydroxyl groups is 1. The molecule has 2 N–H and O–H groups in total. The number of aromatic hydroxyl groups is 1. The summed E-state index contributed by atoms with van der Waals surface area (Å²) < 4.78 is 27.6. The van der Waals surface area contributed by atoms with Crippen LogP contribution in [-0.2, 0) is 0 Å². The maximum atomic E-state index is 14.0. The summed E-state index contributed by atoms with van der Waals surface area (Å²) in [7, 11) is 0. The Morgan fingerprint density at radius 2 is 1.62 bits per heavy atom. The molecule has 0 radical (unpaired) electrons. The number of benzene rings is 2. The van der Waals surface area contributed by atoms with Gasteiger partial charge in [0, 0.05) is 29.1 Å². The lowest BCUT2D eigenvalue weighted by atomic mass is 10.0. The molecule has 2 aromatic carbocycles. The number of halogens is 2. The van der Waals surface area contributed by atoms with Gasteiger partial charge in [0.2, 0.25) is 5.82 Å². The van der Waals surface area contributed by atoms with Crippen LogP contribution in [0.4, 0.5) is 8.78 Å². The first-order chi connectivity index (χ1) is 14.0. The van der Waals surface area contributed by atoms with Crippen LogP contribution >= 0.6 is 0 Å². The molecule has 3 aromatic rings. The Kier molecular flexibility index (Phi) is 6.67. The van der Waals surface area contributed by atoms with E-state index < -0.39 is 17.4 Å². The third-order valence-corrected chi connectivity index (χ3v) is 4.49. The maximum Gasteiger partial charge on any atom is 0.200 e. The summed E-state index contributed by atoms with van der Waals surface area (Å²) in [5.74, 6) is -2.53. The van der Waals surface area contributed by atoms with E-state index in [0.29, 0.717) is 11.4 Å². The van der Waals surface area contributed by atoms with Crippen LogP contribution in [-0.4, -0.2) is 26.3 Å². The molecule has 3 rings (SSSR count). The Balaban J connectivity index is 1.69. The van der Waals surface area contributed by atoms with Gasteiger partial charge in [0.15, 0.2) is 17.4 Å². The SMILES string of the molecule is CC(O)CCC/C=C/c1cnc(-c2ccc(-c3ccc(O)c(F)c3F)cc2)nc1. The third kappa shape index (κ3) is 5.23. The quantitative estimate of drug-likeness (QED) is 0.528. The van der Waals surface area contributed by atoms with Gasteiger partial charge in [-0.3, -0.25) is 0 Å². The van der Waals surface area contributed by atoms with E-state index >= 15 is 0 Å². The molecule has 0 spiro atoms. The predicted octanol–water partition coefficient (Wildman–Crippen LogP) is 5.36. The lowest BCUT2D eigenvalue weighted by Crippen LogP contribution is -1.97. The molecule has 29 heavy (non-hydrogen) atoms. The Morgan fingerprint density at radius 1 is 0.966 bits per heavy atom. The summed E-state index contributed by atoms with van der Waals surface area (Å²) in [6, 6.07) is 9.25. The Bertz CT molecular complexity index is 985. The van der Waals surface area contributed by atoms with Gasteiger partial charge in [0.25, 0.3) is 0 Å². The van der Waals surface area contributed by atoms with Crippen LogP contribution < -0.4 is 0 Å². The highest BCUT2D eigenvalue weighted by Gasteiger charge is 2.14. The molecule has 6 heteroatoms. The summed E-state index contributed by atoms with van der Waals surface area (Å²) in [5.41, 5.74) is 2.19. The third-order valence-electron chi connectivity index (χ3n) is 4.49. The van der Waals surface area contributed by atoms with Crippen LogP contribution in [0.2, 0.25) is 0 Å². The fraction of sp³-hybridized carbons (Fsp3) is 0.217. The second-order valence-electron chi connectivity index (χ2n) is 6.86. The lowest BCUT2D eigenvalue weighted by molar-refractivity contribution is 0.182. The van der Waals surface area contributed by atoms with Crippen molar-refractivity contribution in [3.05, 3.63) is 72.1 Å². The van der Waals surface area contributed by atoms with Gasteiger partial charge in [-0.1, -0.05) is 36.4 Å². The monoisotopic (exact) mass is 396 g/mol. The van der Waals surface area contributed by atoms with Gasteiger partial charge in [0.1, 0.15) is 0 Å². The Labute approximate surface area is 168 Å². The summed E-state index contributed by atoms with van der Waals surface area (Å²) in [6.45, 7) is 1.78. The zero-order valence-corrected chi connectivity index (χ0v) is 16.0. The molecule has 0 saturated heterocycles. The molecule has 1 aromatic heterocycles. The molecule has 0 aliphatic rings. The number of aromatic nitrogens is 2. The second kappa shape index (κ2) is 9.39. The molecular formula is C23H22F2N2O2. The van der Waals surface area contributed by atoms with Gasteiger partial charge in [0.05, 0.1) is 6.10 Å². The fourth-order valence-corrected chi connectivity index (χ4v) is 2.88. The lowest BCUT2D eigenvalue weighted by Gasteiger charge is -2.07. The number of unbranched alkanes of at least 4 members (excludes halogenated alkanes) is 1. The van der Waals surface area contributed by atoms with E-state index in [0.717, 1.165) is 36.5 Å². The minimum absolute atomic E-state index is 0.0730. The van der Waals surface area contributed by atoms with E-state index in [4.69, 9.17) is 0 Å². The smallest absolute Gasteiger partial charge is 0.200 e. The van der Waals surface area contributed by atoms with Crippen molar-refractivity contribution in [2.75, 3.05) is 0 Å². The zero-order valence-electron chi connectivity index (χ0n) is 16.0. The summed E-state index contributed by atoms with van der Waals surface area (Å²) >= 11 is 0. The van der Waals surface area contributed by atoms with Gasteiger partial charge in [-0.15, -0.1) is 0 Å². The van der Waals surface area contributed by atoms with Gasteiger partial charge < -0.3 is 10.2 Å². The Hall–Kier alpha value is -3.12. The maximum absolute atomic E-state index is 14.0. The van der Waals surface area contributed by atoms with Crippen molar-refractivity contribution in [3.63, 3.8) is 0 Å². The van der Waals surface area contributed by atoms with E-state index in [2.05, 4.69) is 9.97 Å². The van der Waals surface area contributed by atoms with Gasteiger partial charge in [-0.25, -0.2) is 14.4 Å². The van der Waals surface area contributed by atoms with Crippen LogP contribution in [0.1, 0.15) is 31.7 Å². The van der Waals surface area contributed by atoms with Crippen molar-refractivity contribution in [2.24, 2.45) is 0 Å².